The van der Waals surface area contributed by atoms with Crippen molar-refractivity contribution in [2.45, 2.75) is 13.1 Å². The van der Waals surface area contributed by atoms with Gasteiger partial charge in [0.05, 0.1) is 27.0 Å². The van der Waals surface area contributed by atoms with Crippen LogP contribution in [0.15, 0.2) is 69.8 Å². The Morgan fingerprint density at radius 1 is 1.07 bits per heavy atom. The SMILES string of the molecule is COc1ccc(CN(Cc2ccco2)C(=S)Nc2ccc(Br)cc2)c(OC)c1. The van der Waals surface area contributed by atoms with E-state index in [0.29, 0.717) is 18.2 Å². The second-order valence-corrected chi connectivity index (χ2v) is 7.35. The average molecular weight is 461 g/mol. The van der Waals surface area contributed by atoms with Crippen molar-refractivity contribution in [1.29, 1.82) is 0 Å². The lowest BCUT2D eigenvalue weighted by Gasteiger charge is -2.26. The molecule has 0 saturated heterocycles. The van der Waals surface area contributed by atoms with Gasteiger partial charge in [-0.05, 0) is 60.7 Å². The summed E-state index contributed by atoms with van der Waals surface area (Å²) in [6.07, 6.45) is 1.66. The molecule has 0 unspecified atom stereocenters. The maximum Gasteiger partial charge on any atom is 0.174 e. The van der Waals surface area contributed by atoms with Crippen LogP contribution in [-0.2, 0) is 13.1 Å². The maximum atomic E-state index is 5.69. The molecule has 0 aliphatic carbocycles. The maximum absolute atomic E-state index is 5.69. The quantitative estimate of drug-likeness (QED) is 0.472. The van der Waals surface area contributed by atoms with E-state index in [-0.39, 0.29) is 0 Å². The van der Waals surface area contributed by atoms with Crippen LogP contribution in [0.2, 0.25) is 0 Å². The second-order valence-electron chi connectivity index (χ2n) is 6.05. The van der Waals surface area contributed by atoms with Crippen LogP contribution in [-0.4, -0.2) is 24.2 Å². The second kappa shape index (κ2) is 9.61. The van der Waals surface area contributed by atoms with Crippen LogP contribution in [0.25, 0.3) is 0 Å². The Kier molecular flexibility index (Phi) is 6.95. The van der Waals surface area contributed by atoms with Crippen LogP contribution in [0.3, 0.4) is 0 Å². The molecule has 1 N–H and O–H groups in total. The molecular weight excluding hydrogens is 440 g/mol. The van der Waals surface area contributed by atoms with E-state index in [9.17, 15) is 0 Å². The van der Waals surface area contributed by atoms with Crippen molar-refractivity contribution in [2.24, 2.45) is 0 Å². The topological polar surface area (TPSA) is 46.9 Å². The number of thiocarbonyl (C=S) groups is 1. The first-order chi connectivity index (χ1) is 13.6. The Hall–Kier alpha value is -2.51. The molecular formula is C21H21BrN2O3S. The van der Waals surface area contributed by atoms with Crippen LogP contribution >= 0.6 is 28.1 Å². The van der Waals surface area contributed by atoms with Gasteiger partial charge in [-0.3, -0.25) is 0 Å². The van der Waals surface area contributed by atoms with Gasteiger partial charge < -0.3 is 24.1 Å². The van der Waals surface area contributed by atoms with Crippen LogP contribution in [0.1, 0.15) is 11.3 Å². The van der Waals surface area contributed by atoms with Crippen LogP contribution in [0, 0.1) is 0 Å². The lowest BCUT2D eigenvalue weighted by Crippen LogP contribution is -2.33. The summed E-state index contributed by atoms with van der Waals surface area (Å²) >= 11 is 9.13. The minimum absolute atomic E-state index is 0.532. The number of rotatable bonds is 7. The first-order valence-electron chi connectivity index (χ1n) is 8.64. The van der Waals surface area contributed by atoms with Gasteiger partial charge in [-0.1, -0.05) is 15.9 Å². The molecule has 0 atom stereocenters. The zero-order valence-corrected chi connectivity index (χ0v) is 18.0. The molecule has 0 saturated carbocycles. The molecule has 2 aromatic carbocycles. The standard InChI is InChI=1S/C21H21BrN2O3S/c1-25-18-10-5-15(20(12-18)26-2)13-24(14-19-4-3-11-27-19)21(28)23-17-8-6-16(22)7-9-17/h3-12H,13-14H2,1-2H3,(H,23,28). The van der Waals surface area contributed by atoms with Gasteiger partial charge >= 0.3 is 0 Å². The molecule has 3 rings (SSSR count). The number of anilines is 1. The number of hydrogen-bond donors (Lipinski definition) is 1. The summed E-state index contributed by atoms with van der Waals surface area (Å²) in [5.74, 6) is 2.32. The number of ether oxygens (including phenoxy) is 2. The molecule has 0 fully saturated rings. The minimum Gasteiger partial charge on any atom is -0.497 e. The van der Waals surface area contributed by atoms with Gasteiger partial charge in [0.25, 0.3) is 0 Å². The van der Waals surface area contributed by atoms with Crippen molar-refractivity contribution in [3.05, 3.63) is 76.7 Å². The highest BCUT2D eigenvalue weighted by atomic mass is 79.9. The summed E-state index contributed by atoms with van der Waals surface area (Å²) in [6, 6.07) is 17.4. The molecule has 146 valence electrons. The fourth-order valence-electron chi connectivity index (χ4n) is 2.71. The summed E-state index contributed by atoms with van der Waals surface area (Å²) < 4.78 is 17.4. The Bertz CT molecular complexity index is 914. The highest BCUT2D eigenvalue weighted by Gasteiger charge is 2.16. The number of halogens is 1. The first-order valence-corrected chi connectivity index (χ1v) is 9.84. The highest BCUT2D eigenvalue weighted by molar-refractivity contribution is 9.10. The minimum atomic E-state index is 0.532. The van der Waals surface area contributed by atoms with Crippen molar-refractivity contribution in [3.8, 4) is 11.5 Å². The predicted octanol–water partition coefficient (Wildman–Crippen LogP) is 5.46. The summed E-state index contributed by atoms with van der Waals surface area (Å²) in [7, 11) is 3.28. The van der Waals surface area contributed by atoms with Crippen molar-refractivity contribution < 1.29 is 13.9 Å². The van der Waals surface area contributed by atoms with Gasteiger partial charge in [-0.2, -0.15) is 0 Å². The fourth-order valence-corrected chi connectivity index (χ4v) is 3.23. The van der Waals surface area contributed by atoms with Crippen molar-refractivity contribution in [3.63, 3.8) is 0 Å². The number of benzene rings is 2. The molecule has 0 spiro atoms. The van der Waals surface area contributed by atoms with Gasteiger partial charge in [0.15, 0.2) is 5.11 Å². The van der Waals surface area contributed by atoms with Gasteiger partial charge in [-0.25, -0.2) is 0 Å². The van der Waals surface area contributed by atoms with Gasteiger partial charge in [0.2, 0.25) is 0 Å². The Labute approximate surface area is 178 Å². The smallest absolute Gasteiger partial charge is 0.174 e. The molecule has 28 heavy (non-hydrogen) atoms. The third-order valence-electron chi connectivity index (χ3n) is 4.16. The van der Waals surface area contributed by atoms with Crippen molar-refractivity contribution >= 4 is 38.9 Å². The molecule has 3 aromatic rings. The molecule has 0 amide bonds. The number of hydrogen-bond acceptors (Lipinski definition) is 4. The monoisotopic (exact) mass is 460 g/mol. The lowest BCUT2D eigenvalue weighted by molar-refractivity contribution is 0.346. The van der Waals surface area contributed by atoms with E-state index in [4.69, 9.17) is 26.1 Å². The van der Waals surface area contributed by atoms with Crippen LogP contribution in [0.4, 0.5) is 5.69 Å². The number of furan rings is 1. The number of methoxy groups -OCH3 is 2. The third-order valence-corrected chi connectivity index (χ3v) is 5.05. The van der Waals surface area contributed by atoms with Gasteiger partial charge in [0, 0.05) is 28.3 Å². The largest absolute Gasteiger partial charge is 0.497 e. The first kappa shape index (κ1) is 20.2. The number of nitrogens with one attached hydrogen (secondary N) is 1. The van der Waals surface area contributed by atoms with E-state index in [1.54, 1.807) is 20.5 Å². The molecule has 1 heterocycles. The molecule has 5 nitrogen and oxygen atoms in total. The van der Waals surface area contributed by atoms with E-state index in [1.807, 2.05) is 59.5 Å². The molecule has 7 heteroatoms. The van der Waals surface area contributed by atoms with E-state index in [2.05, 4.69) is 21.2 Å². The number of nitrogens with zero attached hydrogens (tertiary/aromatic N) is 1. The normalized spacial score (nSPS) is 10.4. The molecule has 0 bridgehead atoms. The van der Waals surface area contributed by atoms with Gasteiger partial charge in [-0.15, -0.1) is 0 Å². The Balaban J connectivity index is 1.82. The van der Waals surface area contributed by atoms with Crippen molar-refractivity contribution in [2.75, 3.05) is 19.5 Å². The molecule has 0 aliphatic rings. The van der Waals surface area contributed by atoms with Crippen LogP contribution < -0.4 is 14.8 Å². The summed E-state index contributed by atoms with van der Waals surface area (Å²) in [4.78, 5) is 2.03. The van der Waals surface area contributed by atoms with Crippen LogP contribution in [0.5, 0.6) is 11.5 Å². The van der Waals surface area contributed by atoms with Crippen molar-refractivity contribution in [1.82, 2.24) is 4.90 Å². The Morgan fingerprint density at radius 3 is 2.50 bits per heavy atom. The zero-order valence-electron chi connectivity index (χ0n) is 15.6. The van der Waals surface area contributed by atoms with E-state index < -0.39 is 0 Å². The predicted molar refractivity (Wildman–Crippen MR) is 118 cm³/mol. The van der Waals surface area contributed by atoms with E-state index >= 15 is 0 Å². The van der Waals surface area contributed by atoms with E-state index in [1.165, 1.54) is 0 Å². The molecule has 0 aliphatic heterocycles. The lowest BCUT2D eigenvalue weighted by atomic mass is 10.1. The fraction of sp³-hybridized carbons (Fsp3) is 0.190. The summed E-state index contributed by atoms with van der Waals surface area (Å²) in [5, 5.41) is 3.89. The third kappa shape index (κ3) is 5.27. The Morgan fingerprint density at radius 2 is 1.86 bits per heavy atom. The van der Waals surface area contributed by atoms with Gasteiger partial charge in [0.1, 0.15) is 17.3 Å². The molecule has 0 radical (unpaired) electrons. The zero-order chi connectivity index (χ0) is 19.9. The summed E-state index contributed by atoms with van der Waals surface area (Å²) in [6.45, 7) is 1.08. The molecule has 1 aromatic heterocycles. The average Bonchev–Trinajstić information content (AvgIpc) is 3.22. The van der Waals surface area contributed by atoms with E-state index in [0.717, 1.165) is 33.0 Å². The summed E-state index contributed by atoms with van der Waals surface area (Å²) in [5.41, 5.74) is 1.91. The highest BCUT2D eigenvalue weighted by Crippen LogP contribution is 2.27.